The molecule has 3 rings (SSSR count). The van der Waals surface area contributed by atoms with Crippen molar-refractivity contribution in [2.45, 2.75) is 25.8 Å². The Bertz CT molecular complexity index is 757. The zero-order valence-electron chi connectivity index (χ0n) is 13.5. The molecule has 1 aliphatic heterocycles. The monoisotopic (exact) mass is 347 g/mol. The van der Waals surface area contributed by atoms with Crippen molar-refractivity contribution in [1.82, 2.24) is 15.2 Å². The molecule has 1 saturated heterocycles. The van der Waals surface area contributed by atoms with E-state index < -0.39 is 0 Å². The summed E-state index contributed by atoms with van der Waals surface area (Å²) in [7, 11) is 0. The fourth-order valence-corrected chi connectivity index (χ4v) is 3.09. The predicted molar refractivity (Wildman–Crippen MR) is 88.9 cm³/mol. The summed E-state index contributed by atoms with van der Waals surface area (Å²) in [6.07, 6.45) is 1.45. The molecule has 126 valence electrons. The third-order valence-corrected chi connectivity index (χ3v) is 4.29. The molecule has 2 unspecified atom stereocenters. The maximum absolute atomic E-state index is 12.6. The number of halogens is 1. The van der Waals surface area contributed by atoms with Crippen molar-refractivity contribution in [3.05, 3.63) is 52.7 Å². The van der Waals surface area contributed by atoms with Crippen molar-refractivity contribution in [2.75, 3.05) is 13.1 Å². The second-order valence-corrected chi connectivity index (χ2v) is 6.37. The van der Waals surface area contributed by atoms with E-state index in [9.17, 15) is 9.59 Å². The summed E-state index contributed by atoms with van der Waals surface area (Å²) >= 11 is 5.81. The molecular weight excluding hydrogens is 330 g/mol. The van der Waals surface area contributed by atoms with Gasteiger partial charge in [0, 0.05) is 26.2 Å². The highest BCUT2D eigenvalue weighted by Gasteiger charge is 2.38. The Morgan fingerprint density at radius 3 is 2.67 bits per heavy atom. The first-order chi connectivity index (χ1) is 11.4. The van der Waals surface area contributed by atoms with Crippen LogP contribution in [0, 0.1) is 6.92 Å². The highest BCUT2D eigenvalue weighted by atomic mass is 35.5. The lowest BCUT2D eigenvalue weighted by Crippen LogP contribution is -2.39. The lowest BCUT2D eigenvalue weighted by atomic mass is 10.0. The Kier molecular flexibility index (Phi) is 4.57. The van der Waals surface area contributed by atoms with Gasteiger partial charge in [0.15, 0.2) is 0 Å². The number of rotatable bonds is 3. The van der Waals surface area contributed by atoms with Gasteiger partial charge in [-0.25, -0.2) is 4.98 Å². The Labute approximate surface area is 144 Å². The molecule has 2 aromatic rings. The van der Waals surface area contributed by atoms with Gasteiger partial charge >= 0.3 is 0 Å². The van der Waals surface area contributed by atoms with E-state index in [1.54, 1.807) is 17.0 Å². The smallest absolute Gasteiger partial charge is 0.272 e. The van der Waals surface area contributed by atoms with E-state index in [0.29, 0.717) is 23.8 Å². The van der Waals surface area contributed by atoms with E-state index in [0.717, 1.165) is 11.5 Å². The first-order valence-corrected chi connectivity index (χ1v) is 8.06. The summed E-state index contributed by atoms with van der Waals surface area (Å²) in [6, 6.07) is 6.82. The fraction of sp³-hybridized carbons (Fsp3) is 0.353. The Morgan fingerprint density at radius 2 is 2.08 bits per heavy atom. The van der Waals surface area contributed by atoms with Crippen LogP contribution in [-0.2, 0) is 4.79 Å². The van der Waals surface area contributed by atoms with Crippen molar-refractivity contribution >= 4 is 23.4 Å². The van der Waals surface area contributed by atoms with Gasteiger partial charge in [0.05, 0.1) is 17.0 Å². The van der Waals surface area contributed by atoms with Crippen LogP contribution < -0.4 is 5.32 Å². The third-order valence-electron chi connectivity index (χ3n) is 4.07. The molecule has 0 bridgehead atoms. The second kappa shape index (κ2) is 6.65. The normalized spacial score (nSPS) is 20.2. The van der Waals surface area contributed by atoms with Crippen LogP contribution in [0.15, 0.2) is 34.9 Å². The molecular formula is C17H18ClN3O3. The van der Waals surface area contributed by atoms with Gasteiger partial charge in [0.25, 0.3) is 5.91 Å². The molecule has 6 nitrogen and oxygen atoms in total. The summed E-state index contributed by atoms with van der Waals surface area (Å²) < 4.78 is 5.71. The van der Waals surface area contributed by atoms with E-state index in [1.807, 2.05) is 19.1 Å². The maximum Gasteiger partial charge on any atom is 0.272 e. The van der Waals surface area contributed by atoms with Gasteiger partial charge in [0.2, 0.25) is 5.91 Å². The first kappa shape index (κ1) is 16.5. The molecule has 0 aliphatic carbocycles. The van der Waals surface area contributed by atoms with Crippen LogP contribution >= 0.6 is 11.6 Å². The molecule has 3 heterocycles. The predicted octanol–water partition coefficient (Wildman–Crippen LogP) is 2.38. The zero-order chi connectivity index (χ0) is 17.3. The van der Waals surface area contributed by atoms with E-state index in [4.69, 9.17) is 16.0 Å². The average Bonchev–Trinajstić information content (AvgIpc) is 3.13. The number of hydrogen-bond acceptors (Lipinski definition) is 4. The fourth-order valence-electron chi connectivity index (χ4n) is 2.98. The maximum atomic E-state index is 12.6. The number of aryl methyl sites for hydroxylation is 1. The highest BCUT2D eigenvalue weighted by molar-refractivity contribution is 6.30. The zero-order valence-corrected chi connectivity index (χ0v) is 14.2. The number of amides is 2. The quantitative estimate of drug-likeness (QED) is 0.925. The standard InChI is InChI=1S/C17H18ClN3O3/c1-10-3-6-16(24-10)13-8-21(9-15(13)20-11(2)22)17(23)14-5-4-12(18)7-19-14/h3-7,13,15H,8-9H2,1-2H3,(H,20,22). The van der Waals surface area contributed by atoms with Gasteiger partial charge < -0.3 is 14.6 Å². The lowest BCUT2D eigenvalue weighted by Gasteiger charge is -2.16. The molecule has 0 aromatic carbocycles. The van der Waals surface area contributed by atoms with E-state index in [2.05, 4.69) is 10.3 Å². The number of carbonyl (C=O) groups is 2. The van der Waals surface area contributed by atoms with Crippen molar-refractivity contribution < 1.29 is 14.0 Å². The molecule has 1 N–H and O–H groups in total. The Hall–Kier alpha value is -2.34. The molecule has 7 heteroatoms. The van der Waals surface area contributed by atoms with Crippen LogP contribution in [0.25, 0.3) is 0 Å². The number of pyridine rings is 1. The largest absolute Gasteiger partial charge is 0.466 e. The van der Waals surface area contributed by atoms with Crippen molar-refractivity contribution in [3.8, 4) is 0 Å². The van der Waals surface area contributed by atoms with Crippen LogP contribution in [0.2, 0.25) is 5.02 Å². The summed E-state index contributed by atoms with van der Waals surface area (Å²) in [4.78, 5) is 29.9. The van der Waals surface area contributed by atoms with Crippen LogP contribution in [0.1, 0.15) is 34.9 Å². The van der Waals surface area contributed by atoms with Gasteiger partial charge in [-0.05, 0) is 31.2 Å². The molecule has 0 spiro atoms. The SMILES string of the molecule is CC(=O)NC1CN(C(=O)c2ccc(Cl)cn2)CC1c1ccc(C)o1. The Morgan fingerprint density at radius 1 is 1.29 bits per heavy atom. The van der Waals surface area contributed by atoms with Gasteiger partial charge in [-0.3, -0.25) is 9.59 Å². The minimum atomic E-state index is -0.190. The number of furan rings is 1. The minimum Gasteiger partial charge on any atom is -0.466 e. The summed E-state index contributed by atoms with van der Waals surface area (Å²) in [5.74, 6) is 1.17. The molecule has 1 fully saturated rings. The van der Waals surface area contributed by atoms with E-state index in [-0.39, 0.29) is 23.8 Å². The third kappa shape index (κ3) is 3.43. The minimum absolute atomic E-state index is 0.0844. The van der Waals surface area contributed by atoms with Crippen LogP contribution in [-0.4, -0.2) is 40.8 Å². The van der Waals surface area contributed by atoms with Crippen LogP contribution in [0.3, 0.4) is 0 Å². The number of carbonyl (C=O) groups excluding carboxylic acids is 2. The van der Waals surface area contributed by atoms with Crippen molar-refractivity contribution in [1.29, 1.82) is 0 Å². The van der Waals surface area contributed by atoms with Gasteiger partial charge in [-0.1, -0.05) is 11.6 Å². The molecule has 24 heavy (non-hydrogen) atoms. The van der Waals surface area contributed by atoms with Crippen molar-refractivity contribution in [3.63, 3.8) is 0 Å². The summed E-state index contributed by atoms with van der Waals surface area (Å²) in [5.41, 5.74) is 0.331. The van der Waals surface area contributed by atoms with Gasteiger partial charge in [-0.15, -0.1) is 0 Å². The van der Waals surface area contributed by atoms with Gasteiger partial charge in [0.1, 0.15) is 17.2 Å². The highest BCUT2D eigenvalue weighted by Crippen LogP contribution is 2.30. The molecule has 0 radical (unpaired) electrons. The van der Waals surface area contributed by atoms with Crippen LogP contribution in [0.4, 0.5) is 0 Å². The lowest BCUT2D eigenvalue weighted by molar-refractivity contribution is -0.119. The number of nitrogens with one attached hydrogen (secondary N) is 1. The molecule has 2 amide bonds. The second-order valence-electron chi connectivity index (χ2n) is 5.93. The molecule has 2 aromatic heterocycles. The molecule has 1 aliphatic rings. The number of likely N-dealkylation sites (tertiary alicyclic amines) is 1. The first-order valence-electron chi connectivity index (χ1n) is 7.68. The summed E-state index contributed by atoms with van der Waals surface area (Å²) in [6.45, 7) is 4.20. The molecule has 2 atom stereocenters. The number of nitrogens with zero attached hydrogens (tertiary/aromatic N) is 2. The Balaban J connectivity index is 1.82. The van der Waals surface area contributed by atoms with E-state index >= 15 is 0 Å². The summed E-state index contributed by atoms with van der Waals surface area (Å²) in [5, 5.41) is 3.39. The van der Waals surface area contributed by atoms with Gasteiger partial charge in [-0.2, -0.15) is 0 Å². The van der Waals surface area contributed by atoms with Crippen LogP contribution in [0.5, 0.6) is 0 Å². The number of hydrogen-bond donors (Lipinski definition) is 1. The van der Waals surface area contributed by atoms with E-state index in [1.165, 1.54) is 13.1 Å². The molecule has 0 saturated carbocycles. The van der Waals surface area contributed by atoms with Crippen molar-refractivity contribution in [2.24, 2.45) is 0 Å². The number of aromatic nitrogens is 1. The topological polar surface area (TPSA) is 75.4 Å². The average molecular weight is 348 g/mol.